The van der Waals surface area contributed by atoms with Gasteiger partial charge in [-0.1, -0.05) is 13.0 Å². The Balaban J connectivity index is 2.03. The van der Waals surface area contributed by atoms with Crippen LogP contribution in [-0.4, -0.2) is 47.1 Å². The van der Waals surface area contributed by atoms with E-state index in [1.165, 1.54) is 0 Å². The fourth-order valence-electron chi connectivity index (χ4n) is 2.82. The number of hydrogen-bond acceptors (Lipinski definition) is 6. The molecule has 1 aromatic carbocycles. The second kappa shape index (κ2) is 5.96. The van der Waals surface area contributed by atoms with E-state index in [1.807, 2.05) is 6.92 Å². The predicted octanol–water partition coefficient (Wildman–Crippen LogP) is 1.45. The van der Waals surface area contributed by atoms with Crippen LogP contribution in [0.1, 0.15) is 19.8 Å². The number of fused-ring (bicyclic) bond motifs is 1. The first-order valence-electron chi connectivity index (χ1n) is 7.08. The maximum absolute atomic E-state index is 13.0. The molecule has 1 atom stereocenters. The lowest BCUT2D eigenvalue weighted by Crippen LogP contribution is -2.48. The second-order valence-corrected chi connectivity index (χ2v) is 7.48. The van der Waals surface area contributed by atoms with E-state index in [0.29, 0.717) is 24.1 Å². The second-order valence-electron chi connectivity index (χ2n) is 5.10. The number of sulfonamides is 1. The Morgan fingerprint density at radius 1 is 1.43 bits per heavy atom. The monoisotopic (exact) mass is 326 g/mol. The summed E-state index contributed by atoms with van der Waals surface area (Å²) in [6, 6.07) is 5.15. The smallest absolute Gasteiger partial charge is 0.245 e. The van der Waals surface area contributed by atoms with Gasteiger partial charge in [-0.05, 0) is 31.5 Å². The lowest BCUT2D eigenvalue weighted by molar-refractivity contribution is 0.274. The van der Waals surface area contributed by atoms with Gasteiger partial charge >= 0.3 is 0 Å². The van der Waals surface area contributed by atoms with Crippen molar-refractivity contribution in [3.8, 4) is 0 Å². The molecule has 0 radical (unpaired) electrons. The van der Waals surface area contributed by atoms with Crippen molar-refractivity contribution >= 4 is 32.8 Å². The van der Waals surface area contributed by atoms with Crippen molar-refractivity contribution in [3.05, 3.63) is 18.2 Å². The van der Waals surface area contributed by atoms with Gasteiger partial charge in [-0.3, -0.25) is 0 Å². The molecule has 1 aromatic heterocycles. The van der Waals surface area contributed by atoms with Crippen LogP contribution in [0.4, 0.5) is 0 Å². The summed E-state index contributed by atoms with van der Waals surface area (Å²) in [7, 11) is -3.55. The number of nitrogens with one attached hydrogen (secondary N) is 1. The Bertz CT molecular complexity index is 723. The molecule has 0 spiro atoms. The number of aromatic nitrogens is 2. The van der Waals surface area contributed by atoms with Crippen LogP contribution in [0.2, 0.25) is 0 Å². The minimum atomic E-state index is -3.55. The first-order valence-corrected chi connectivity index (χ1v) is 9.25. The van der Waals surface area contributed by atoms with E-state index in [1.54, 1.807) is 22.5 Å². The Kier molecular flexibility index (Phi) is 4.21. The lowest BCUT2D eigenvalue weighted by Gasteiger charge is -2.33. The van der Waals surface area contributed by atoms with Gasteiger partial charge in [0, 0.05) is 19.1 Å². The predicted molar refractivity (Wildman–Crippen MR) is 82.9 cm³/mol. The van der Waals surface area contributed by atoms with E-state index in [-0.39, 0.29) is 10.9 Å². The molecule has 2 heterocycles. The molecule has 3 rings (SSSR count). The number of nitrogens with zero attached hydrogens (tertiary/aromatic N) is 3. The summed E-state index contributed by atoms with van der Waals surface area (Å²) in [5, 5.41) is 3.27. The largest absolute Gasteiger partial charge is 0.315 e. The number of piperidine rings is 1. The standard InChI is InChI=1S/C13H18N4O2S2/c1-2-17(10-5-4-8-14-9-10)21(18,19)12-7-3-6-11-13(12)16-20-15-11/h3,6-7,10,14H,2,4-5,8-9H2,1H3. The van der Waals surface area contributed by atoms with Gasteiger partial charge in [0.1, 0.15) is 15.9 Å². The van der Waals surface area contributed by atoms with E-state index in [4.69, 9.17) is 0 Å². The van der Waals surface area contributed by atoms with Crippen LogP contribution >= 0.6 is 11.7 Å². The zero-order valence-electron chi connectivity index (χ0n) is 11.8. The molecule has 1 saturated heterocycles. The van der Waals surface area contributed by atoms with Gasteiger partial charge in [-0.15, -0.1) is 0 Å². The molecule has 0 amide bonds. The lowest BCUT2D eigenvalue weighted by atomic mass is 10.1. The Morgan fingerprint density at radius 3 is 3.00 bits per heavy atom. The van der Waals surface area contributed by atoms with Gasteiger partial charge < -0.3 is 5.32 Å². The van der Waals surface area contributed by atoms with Crippen molar-refractivity contribution in [1.82, 2.24) is 18.4 Å². The van der Waals surface area contributed by atoms with Gasteiger partial charge in [0.15, 0.2) is 0 Å². The summed E-state index contributed by atoms with van der Waals surface area (Å²) in [6.45, 7) is 4.01. The first-order chi connectivity index (χ1) is 10.1. The SMILES string of the molecule is CCN(C1CCCNC1)S(=O)(=O)c1cccc2nsnc12. The Morgan fingerprint density at radius 2 is 2.29 bits per heavy atom. The minimum Gasteiger partial charge on any atom is -0.315 e. The zero-order valence-corrected chi connectivity index (χ0v) is 13.5. The molecule has 114 valence electrons. The van der Waals surface area contributed by atoms with E-state index in [9.17, 15) is 8.42 Å². The molecule has 0 aliphatic carbocycles. The summed E-state index contributed by atoms with van der Waals surface area (Å²) in [6.07, 6.45) is 1.89. The van der Waals surface area contributed by atoms with Crippen LogP contribution in [-0.2, 0) is 10.0 Å². The van der Waals surface area contributed by atoms with Gasteiger partial charge in [0.05, 0.1) is 11.7 Å². The highest BCUT2D eigenvalue weighted by Crippen LogP contribution is 2.26. The molecule has 2 aromatic rings. The van der Waals surface area contributed by atoms with Crippen LogP contribution in [0.5, 0.6) is 0 Å². The first kappa shape index (κ1) is 14.8. The highest BCUT2D eigenvalue weighted by Gasteiger charge is 2.32. The average Bonchev–Trinajstić information content (AvgIpc) is 2.97. The summed E-state index contributed by atoms with van der Waals surface area (Å²) in [5.41, 5.74) is 1.11. The summed E-state index contributed by atoms with van der Waals surface area (Å²) in [4.78, 5) is 0.265. The van der Waals surface area contributed by atoms with Gasteiger partial charge in [0.2, 0.25) is 10.0 Å². The number of rotatable bonds is 4. The highest BCUT2D eigenvalue weighted by molar-refractivity contribution is 7.89. The molecular formula is C13H18N4O2S2. The fraction of sp³-hybridized carbons (Fsp3) is 0.538. The molecule has 0 saturated carbocycles. The molecule has 1 N–H and O–H groups in total. The van der Waals surface area contributed by atoms with E-state index in [0.717, 1.165) is 31.1 Å². The molecule has 1 fully saturated rings. The molecule has 8 heteroatoms. The van der Waals surface area contributed by atoms with Crippen molar-refractivity contribution in [2.75, 3.05) is 19.6 Å². The Hall–Kier alpha value is -1.09. The summed E-state index contributed by atoms with van der Waals surface area (Å²) < 4.78 is 35.9. The molecule has 1 unspecified atom stereocenters. The Labute approximate surface area is 128 Å². The van der Waals surface area contributed by atoms with E-state index >= 15 is 0 Å². The molecular weight excluding hydrogens is 308 g/mol. The maximum Gasteiger partial charge on any atom is 0.245 e. The van der Waals surface area contributed by atoms with Gasteiger partial charge in [0.25, 0.3) is 0 Å². The van der Waals surface area contributed by atoms with Crippen molar-refractivity contribution < 1.29 is 8.42 Å². The molecule has 21 heavy (non-hydrogen) atoms. The molecule has 1 aliphatic heterocycles. The van der Waals surface area contributed by atoms with Gasteiger partial charge in [-0.2, -0.15) is 13.1 Å². The number of likely N-dealkylation sites (N-methyl/N-ethyl adjacent to an activating group) is 1. The normalized spacial score (nSPS) is 20.2. The number of hydrogen-bond donors (Lipinski definition) is 1. The van der Waals surface area contributed by atoms with Crippen LogP contribution in [0.25, 0.3) is 11.0 Å². The molecule has 0 bridgehead atoms. The summed E-state index contributed by atoms with van der Waals surface area (Å²) in [5.74, 6) is 0. The third kappa shape index (κ3) is 2.68. The van der Waals surface area contributed by atoms with Crippen molar-refractivity contribution in [2.45, 2.75) is 30.7 Å². The molecule has 1 aliphatic rings. The minimum absolute atomic E-state index is 0.00982. The quantitative estimate of drug-likeness (QED) is 0.920. The van der Waals surface area contributed by atoms with Crippen molar-refractivity contribution in [1.29, 1.82) is 0 Å². The average molecular weight is 326 g/mol. The molecule has 6 nitrogen and oxygen atoms in total. The van der Waals surface area contributed by atoms with Gasteiger partial charge in [-0.25, -0.2) is 8.42 Å². The third-order valence-electron chi connectivity index (χ3n) is 3.83. The number of benzene rings is 1. The van der Waals surface area contributed by atoms with Crippen molar-refractivity contribution in [2.24, 2.45) is 0 Å². The zero-order chi connectivity index (χ0) is 14.9. The van der Waals surface area contributed by atoms with Crippen LogP contribution in [0, 0.1) is 0 Å². The van der Waals surface area contributed by atoms with E-state index in [2.05, 4.69) is 14.1 Å². The van der Waals surface area contributed by atoms with E-state index < -0.39 is 10.0 Å². The highest BCUT2D eigenvalue weighted by atomic mass is 32.2. The van der Waals surface area contributed by atoms with Crippen LogP contribution < -0.4 is 5.32 Å². The maximum atomic E-state index is 13.0. The van der Waals surface area contributed by atoms with Crippen LogP contribution in [0.3, 0.4) is 0 Å². The third-order valence-corrected chi connectivity index (χ3v) is 6.43. The van der Waals surface area contributed by atoms with Crippen LogP contribution in [0.15, 0.2) is 23.1 Å². The fourth-order valence-corrected chi connectivity index (χ4v) is 5.24. The summed E-state index contributed by atoms with van der Waals surface area (Å²) >= 11 is 1.04. The van der Waals surface area contributed by atoms with Crippen molar-refractivity contribution in [3.63, 3.8) is 0 Å². The topological polar surface area (TPSA) is 75.2 Å².